The summed E-state index contributed by atoms with van der Waals surface area (Å²) in [6, 6.07) is 9.20. The van der Waals surface area contributed by atoms with Crippen LogP contribution in [0, 0.1) is 0 Å². The molecule has 0 aliphatic carbocycles. The van der Waals surface area contributed by atoms with Crippen LogP contribution in [0.2, 0.25) is 0 Å². The van der Waals surface area contributed by atoms with Gasteiger partial charge in [-0.15, -0.1) is 0 Å². The number of nitrogens with one attached hydrogen (secondary N) is 2. The largest absolute Gasteiger partial charge is 0.445 e. The number of hydrogen-bond donors (Lipinski definition) is 2. The fourth-order valence-corrected chi connectivity index (χ4v) is 2.89. The summed E-state index contributed by atoms with van der Waals surface area (Å²) in [5.74, 6) is 0.451. The molecule has 0 radical (unpaired) electrons. The van der Waals surface area contributed by atoms with E-state index < -0.39 is 17.8 Å². The Morgan fingerprint density at radius 2 is 1.79 bits per heavy atom. The van der Waals surface area contributed by atoms with Gasteiger partial charge in [0.1, 0.15) is 12.2 Å². The van der Waals surface area contributed by atoms with Crippen molar-refractivity contribution in [3.8, 4) is 0 Å². The molecule has 1 rings (SSSR count). The molecule has 1 atom stereocenters. The fraction of sp³-hybridized carbons (Fsp3) is 0.550. The van der Waals surface area contributed by atoms with E-state index in [1.54, 1.807) is 20.8 Å². The lowest BCUT2D eigenvalue weighted by atomic mass is 10.2. The number of carbonyl (C=O) groups is 3. The van der Waals surface area contributed by atoms with E-state index in [9.17, 15) is 14.4 Å². The Labute approximate surface area is 170 Å². The maximum absolute atomic E-state index is 12.0. The van der Waals surface area contributed by atoms with Gasteiger partial charge in [-0.1, -0.05) is 42.1 Å². The summed E-state index contributed by atoms with van der Waals surface area (Å²) in [7, 11) is 0. The van der Waals surface area contributed by atoms with Crippen LogP contribution < -0.4 is 10.6 Å². The van der Waals surface area contributed by atoms with Crippen molar-refractivity contribution in [2.24, 2.45) is 0 Å². The normalized spacial score (nSPS) is 12.0. The van der Waals surface area contributed by atoms with Crippen LogP contribution in [0.25, 0.3) is 0 Å². The monoisotopic (exact) mass is 410 g/mol. The minimum atomic E-state index is -0.591. The molecule has 1 aromatic carbocycles. The lowest BCUT2D eigenvalue weighted by Gasteiger charge is -2.23. The minimum Gasteiger partial charge on any atom is -0.445 e. The number of benzene rings is 1. The Morgan fingerprint density at radius 3 is 2.39 bits per heavy atom. The lowest BCUT2D eigenvalue weighted by molar-refractivity contribution is -0.109. The van der Waals surface area contributed by atoms with Gasteiger partial charge in [-0.05, 0) is 39.2 Å². The molecular weight excluding hydrogens is 380 g/mol. The van der Waals surface area contributed by atoms with Crippen molar-refractivity contribution in [2.75, 3.05) is 12.3 Å². The van der Waals surface area contributed by atoms with Gasteiger partial charge < -0.3 is 20.1 Å². The Bertz CT molecular complexity index is 631. The molecule has 0 aliphatic rings. The summed E-state index contributed by atoms with van der Waals surface area (Å²) in [4.78, 5) is 34.9. The number of thioether (sulfide) groups is 1. The van der Waals surface area contributed by atoms with E-state index >= 15 is 0 Å². The SMILES string of the molecule is CC(=O)SC[C@H](CCCNC(=O)OCc1ccccc1)NC(=O)OC(C)(C)C. The van der Waals surface area contributed by atoms with Crippen LogP contribution in [0.3, 0.4) is 0 Å². The Kier molecular flexibility index (Phi) is 10.4. The van der Waals surface area contributed by atoms with E-state index in [1.807, 2.05) is 30.3 Å². The predicted octanol–water partition coefficient (Wildman–Crippen LogP) is 3.87. The second-order valence-electron chi connectivity index (χ2n) is 7.28. The van der Waals surface area contributed by atoms with E-state index in [1.165, 1.54) is 6.92 Å². The zero-order valence-corrected chi connectivity index (χ0v) is 17.8. The van der Waals surface area contributed by atoms with Crippen molar-refractivity contribution in [3.05, 3.63) is 35.9 Å². The molecule has 0 unspecified atom stereocenters. The summed E-state index contributed by atoms with van der Waals surface area (Å²) < 4.78 is 10.4. The van der Waals surface area contributed by atoms with Gasteiger partial charge in [0.15, 0.2) is 5.12 Å². The van der Waals surface area contributed by atoms with Crippen molar-refractivity contribution >= 4 is 29.1 Å². The molecular formula is C20H30N2O5S. The molecule has 0 saturated carbocycles. The standard InChI is InChI=1S/C20H30N2O5S/c1-15(23)28-14-17(22-19(25)27-20(2,3)4)11-8-12-21-18(24)26-13-16-9-6-5-7-10-16/h5-7,9-10,17H,8,11-14H2,1-4H3,(H,21,24)(H,22,25)/t17-/m0/s1. The summed E-state index contributed by atoms with van der Waals surface area (Å²) in [6.45, 7) is 7.47. The maximum Gasteiger partial charge on any atom is 0.407 e. The third kappa shape index (κ3) is 12.2. The molecule has 0 fully saturated rings. The van der Waals surface area contributed by atoms with E-state index in [4.69, 9.17) is 9.47 Å². The third-order valence-electron chi connectivity index (χ3n) is 3.42. The zero-order valence-electron chi connectivity index (χ0n) is 16.9. The van der Waals surface area contributed by atoms with E-state index in [0.717, 1.165) is 17.3 Å². The molecule has 2 N–H and O–H groups in total. The molecule has 28 heavy (non-hydrogen) atoms. The van der Waals surface area contributed by atoms with Gasteiger partial charge in [0.2, 0.25) is 0 Å². The number of hydrogen-bond acceptors (Lipinski definition) is 6. The fourth-order valence-electron chi connectivity index (χ4n) is 2.20. The molecule has 7 nitrogen and oxygen atoms in total. The Balaban J connectivity index is 2.33. The number of carbonyl (C=O) groups excluding carboxylic acids is 3. The number of alkyl carbamates (subject to hydrolysis) is 2. The highest BCUT2D eigenvalue weighted by molar-refractivity contribution is 8.13. The van der Waals surface area contributed by atoms with Crippen LogP contribution in [0.1, 0.15) is 46.1 Å². The zero-order chi connectivity index (χ0) is 21.0. The van der Waals surface area contributed by atoms with Crippen molar-refractivity contribution in [2.45, 2.75) is 58.8 Å². The highest BCUT2D eigenvalue weighted by atomic mass is 32.2. The third-order valence-corrected chi connectivity index (χ3v) is 4.40. The van der Waals surface area contributed by atoms with Crippen molar-refractivity contribution in [3.63, 3.8) is 0 Å². The predicted molar refractivity (Wildman–Crippen MR) is 110 cm³/mol. The molecule has 0 spiro atoms. The average Bonchev–Trinajstić information content (AvgIpc) is 2.60. The molecule has 0 bridgehead atoms. The van der Waals surface area contributed by atoms with Gasteiger partial charge in [-0.25, -0.2) is 9.59 Å². The number of rotatable bonds is 9. The summed E-state index contributed by atoms with van der Waals surface area (Å²) in [5, 5.41) is 5.46. The second-order valence-corrected chi connectivity index (χ2v) is 8.47. The molecule has 0 saturated heterocycles. The van der Waals surface area contributed by atoms with Crippen molar-refractivity contribution in [1.82, 2.24) is 10.6 Å². The Hall–Kier alpha value is -2.22. The van der Waals surface area contributed by atoms with Crippen LogP contribution in [0.5, 0.6) is 0 Å². The first-order chi connectivity index (χ1) is 13.2. The molecule has 0 heterocycles. The molecule has 0 aromatic heterocycles. The van der Waals surface area contributed by atoms with Gasteiger partial charge >= 0.3 is 12.2 Å². The van der Waals surface area contributed by atoms with E-state index in [-0.39, 0.29) is 17.8 Å². The lowest BCUT2D eigenvalue weighted by Crippen LogP contribution is -2.41. The molecule has 8 heteroatoms. The minimum absolute atomic E-state index is 0.0152. The Morgan fingerprint density at radius 1 is 1.11 bits per heavy atom. The van der Waals surface area contributed by atoms with E-state index in [2.05, 4.69) is 10.6 Å². The smallest absolute Gasteiger partial charge is 0.407 e. The van der Waals surface area contributed by atoms with Crippen LogP contribution in [-0.2, 0) is 20.9 Å². The quantitative estimate of drug-likeness (QED) is 0.600. The first-order valence-corrected chi connectivity index (χ1v) is 10.2. The van der Waals surface area contributed by atoms with Gasteiger partial charge in [0.25, 0.3) is 0 Å². The summed E-state index contributed by atoms with van der Waals surface area (Å²) in [6.07, 6.45) is 0.216. The highest BCUT2D eigenvalue weighted by Gasteiger charge is 2.20. The molecule has 1 aromatic rings. The summed E-state index contributed by atoms with van der Waals surface area (Å²) >= 11 is 1.15. The second kappa shape index (κ2) is 12.3. The van der Waals surface area contributed by atoms with Crippen molar-refractivity contribution in [1.29, 1.82) is 0 Å². The van der Waals surface area contributed by atoms with Gasteiger partial charge in [-0.3, -0.25) is 4.79 Å². The highest BCUT2D eigenvalue weighted by Crippen LogP contribution is 2.11. The van der Waals surface area contributed by atoms with Crippen LogP contribution >= 0.6 is 11.8 Å². The van der Waals surface area contributed by atoms with Crippen LogP contribution in [0.15, 0.2) is 30.3 Å². The summed E-state index contributed by atoms with van der Waals surface area (Å²) in [5.41, 5.74) is 0.326. The molecule has 156 valence electrons. The van der Waals surface area contributed by atoms with Gasteiger partial charge in [0.05, 0.1) is 0 Å². The van der Waals surface area contributed by atoms with E-state index in [0.29, 0.717) is 25.1 Å². The van der Waals surface area contributed by atoms with Crippen LogP contribution in [-0.4, -0.2) is 41.2 Å². The number of amides is 2. The van der Waals surface area contributed by atoms with Crippen LogP contribution in [0.4, 0.5) is 9.59 Å². The van der Waals surface area contributed by atoms with Gasteiger partial charge in [-0.2, -0.15) is 0 Å². The first-order valence-electron chi connectivity index (χ1n) is 9.23. The van der Waals surface area contributed by atoms with Crippen molar-refractivity contribution < 1.29 is 23.9 Å². The molecule has 2 amide bonds. The topological polar surface area (TPSA) is 93.7 Å². The maximum atomic E-state index is 12.0. The number of ether oxygens (including phenoxy) is 2. The van der Waals surface area contributed by atoms with Gasteiger partial charge in [0, 0.05) is 25.3 Å². The molecule has 0 aliphatic heterocycles. The average molecular weight is 411 g/mol. The first kappa shape index (κ1) is 23.8.